The maximum atomic E-state index is 11.8. The Kier molecular flexibility index (Phi) is 3.40. The van der Waals surface area contributed by atoms with E-state index in [1.807, 2.05) is 0 Å². The zero-order valence-electron chi connectivity index (χ0n) is 8.90. The Morgan fingerprint density at radius 2 is 2.24 bits per heavy atom. The van der Waals surface area contributed by atoms with Gasteiger partial charge in [-0.15, -0.1) is 0 Å². The van der Waals surface area contributed by atoms with Crippen LogP contribution < -0.4 is 0 Å². The van der Waals surface area contributed by atoms with Gasteiger partial charge in [0.25, 0.3) is 0 Å². The molecule has 1 heterocycles. The van der Waals surface area contributed by atoms with E-state index in [0.717, 1.165) is 4.70 Å². The van der Waals surface area contributed by atoms with Gasteiger partial charge in [0.1, 0.15) is 12.1 Å². The van der Waals surface area contributed by atoms with Crippen LogP contribution in [0.1, 0.15) is 16.9 Å². The predicted octanol–water partition coefficient (Wildman–Crippen LogP) is 2.70. The van der Waals surface area contributed by atoms with Crippen molar-refractivity contribution in [2.24, 2.45) is 0 Å². The Hall–Kier alpha value is -1.46. The van der Waals surface area contributed by atoms with E-state index < -0.39 is 5.97 Å². The van der Waals surface area contributed by atoms with Crippen LogP contribution in [-0.2, 0) is 9.53 Å². The van der Waals surface area contributed by atoms with Crippen molar-refractivity contribution in [1.29, 1.82) is 0 Å². The van der Waals surface area contributed by atoms with Crippen molar-refractivity contribution in [3.63, 3.8) is 0 Å². The smallest absolute Gasteiger partial charge is 0.313 e. The molecule has 2 aromatic rings. The summed E-state index contributed by atoms with van der Waals surface area (Å²) in [5.41, 5.74) is 0.276. The molecule has 0 saturated heterocycles. The lowest BCUT2D eigenvalue weighted by Crippen LogP contribution is -2.09. The van der Waals surface area contributed by atoms with E-state index >= 15 is 0 Å². The molecule has 1 aromatic heterocycles. The van der Waals surface area contributed by atoms with Gasteiger partial charge in [0, 0.05) is 10.4 Å². The fraction of sp³-hybridized carbons (Fsp3) is 0.182. The molecule has 0 aliphatic heterocycles. The van der Waals surface area contributed by atoms with Gasteiger partial charge >= 0.3 is 5.97 Å². The van der Waals surface area contributed by atoms with Gasteiger partial charge in [-0.1, -0.05) is 11.6 Å². The number of hydrogen-bond donors (Lipinski definition) is 0. The highest BCUT2D eigenvalue weighted by molar-refractivity contribution is 7.13. The van der Waals surface area contributed by atoms with Crippen LogP contribution in [-0.4, -0.2) is 23.2 Å². The summed E-state index contributed by atoms with van der Waals surface area (Å²) in [5.74, 6) is -0.927. The van der Waals surface area contributed by atoms with Gasteiger partial charge in [-0.05, 0) is 29.7 Å². The average Bonchev–Trinajstić information content (AvgIpc) is 2.71. The molecule has 1 aromatic carbocycles. The molecule has 0 amide bonds. The van der Waals surface area contributed by atoms with Crippen LogP contribution >= 0.6 is 23.1 Å². The van der Waals surface area contributed by atoms with Crippen LogP contribution in [0.25, 0.3) is 10.1 Å². The van der Waals surface area contributed by atoms with Gasteiger partial charge in [0.2, 0.25) is 0 Å². The number of hydrogen-bond acceptors (Lipinski definition) is 5. The highest BCUT2D eigenvalue weighted by atomic mass is 35.5. The van der Waals surface area contributed by atoms with Crippen molar-refractivity contribution in [3.8, 4) is 0 Å². The fourth-order valence-electron chi connectivity index (χ4n) is 1.40. The first-order chi connectivity index (χ1) is 8.11. The number of Topliss-reactive ketones (excluding diaryl/α,β-unsaturated/α-hetero) is 1. The highest BCUT2D eigenvalue weighted by Crippen LogP contribution is 2.26. The van der Waals surface area contributed by atoms with Gasteiger partial charge in [0.15, 0.2) is 5.78 Å². The number of nitrogens with zero attached hydrogens (tertiary/aromatic N) is 1. The third-order valence-electron chi connectivity index (χ3n) is 2.23. The largest absolute Gasteiger partial charge is 0.469 e. The van der Waals surface area contributed by atoms with E-state index in [1.165, 1.54) is 18.6 Å². The summed E-state index contributed by atoms with van der Waals surface area (Å²) in [6, 6.07) is 5.20. The molecule has 6 heteroatoms. The topological polar surface area (TPSA) is 56.3 Å². The zero-order chi connectivity index (χ0) is 12.4. The number of esters is 1. The monoisotopic (exact) mass is 269 g/mol. The lowest BCUT2D eigenvalue weighted by Gasteiger charge is -1.97. The summed E-state index contributed by atoms with van der Waals surface area (Å²) >= 11 is 7.06. The number of halogens is 1. The highest BCUT2D eigenvalue weighted by Gasteiger charge is 2.18. The minimum atomic E-state index is -0.571. The number of rotatable bonds is 3. The van der Waals surface area contributed by atoms with Crippen LogP contribution in [0.15, 0.2) is 18.2 Å². The zero-order valence-corrected chi connectivity index (χ0v) is 10.5. The number of carbonyl (C=O) groups excluding carboxylic acids is 2. The molecule has 0 radical (unpaired) electrons. The molecule has 0 saturated carbocycles. The van der Waals surface area contributed by atoms with Gasteiger partial charge < -0.3 is 4.74 Å². The first-order valence-electron chi connectivity index (χ1n) is 4.77. The molecule has 0 unspecified atom stereocenters. The maximum absolute atomic E-state index is 11.8. The van der Waals surface area contributed by atoms with Crippen molar-refractivity contribution in [2.45, 2.75) is 6.42 Å². The first-order valence-corrected chi connectivity index (χ1v) is 5.92. The summed E-state index contributed by atoms with van der Waals surface area (Å²) in [4.78, 5) is 22.8. The molecule has 2 rings (SSSR count). The van der Waals surface area contributed by atoms with Crippen molar-refractivity contribution in [2.75, 3.05) is 7.11 Å². The average molecular weight is 270 g/mol. The van der Waals surface area contributed by atoms with Gasteiger partial charge in [-0.25, -0.2) is 0 Å². The molecule has 0 spiro atoms. The Labute approximate surface area is 106 Å². The maximum Gasteiger partial charge on any atom is 0.313 e. The number of carbonyl (C=O) groups is 2. The second kappa shape index (κ2) is 4.81. The normalized spacial score (nSPS) is 10.5. The molecular weight excluding hydrogens is 262 g/mol. The van der Waals surface area contributed by atoms with Crippen molar-refractivity contribution >= 4 is 45.0 Å². The van der Waals surface area contributed by atoms with Crippen LogP contribution in [0, 0.1) is 0 Å². The van der Waals surface area contributed by atoms with E-state index in [2.05, 4.69) is 9.11 Å². The molecule has 4 nitrogen and oxygen atoms in total. The number of ketones is 1. The van der Waals surface area contributed by atoms with Crippen molar-refractivity contribution < 1.29 is 14.3 Å². The molecule has 0 aliphatic rings. The van der Waals surface area contributed by atoms with Crippen molar-refractivity contribution in [3.05, 3.63) is 28.9 Å². The molecule has 0 fully saturated rings. The second-order valence-corrected chi connectivity index (χ2v) is 4.59. The molecule has 88 valence electrons. The third-order valence-corrected chi connectivity index (χ3v) is 3.29. The summed E-state index contributed by atoms with van der Waals surface area (Å²) in [5, 5.41) is 1.21. The molecular formula is C11H8ClNO3S. The number of aromatic nitrogens is 1. The van der Waals surface area contributed by atoms with E-state index in [1.54, 1.807) is 18.2 Å². The quantitative estimate of drug-likeness (QED) is 0.488. The van der Waals surface area contributed by atoms with Gasteiger partial charge in [-0.3, -0.25) is 9.59 Å². The van der Waals surface area contributed by atoms with Crippen LogP contribution in [0.2, 0.25) is 5.02 Å². The third kappa shape index (κ3) is 2.45. The van der Waals surface area contributed by atoms with Crippen LogP contribution in [0.4, 0.5) is 0 Å². The molecule has 0 aliphatic carbocycles. The van der Waals surface area contributed by atoms with E-state index in [9.17, 15) is 9.59 Å². The first kappa shape index (κ1) is 12.0. The SMILES string of the molecule is COC(=O)CC(=O)c1nsc2ccc(Cl)cc12. The Balaban J connectivity index is 2.38. The Morgan fingerprint density at radius 1 is 1.47 bits per heavy atom. The van der Waals surface area contributed by atoms with Gasteiger partial charge in [-0.2, -0.15) is 4.37 Å². The number of methoxy groups -OCH3 is 1. The van der Waals surface area contributed by atoms with Crippen molar-refractivity contribution in [1.82, 2.24) is 4.37 Å². The van der Waals surface area contributed by atoms with Crippen LogP contribution in [0.5, 0.6) is 0 Å². The van der Waals surface area contributed by atoms with Gasteiger partial charge in [0.05, 0.1) is 11.8 Å². The minimum Gasteiger partial charge on any atom is -0.469 e. The number of fused-ring (bicyclic) bond motifs is 1. The standard InChI is InChI=1S/C11H8ClNO3S/c1-16-10(15)5-8(14)11-7-4-6(12)2-3-9(7)17-13-11/h2-4H,5H2,1H3. The lowest BCUT2D eigenvalue weighted by molar-refractivity contribution is -0.139. The summed E-state index contributed by atoms with van der Waals surface area (Å²) in [6.45, 7) is 0. The lowest BCUT2D eigenvalue weighted by atomic mass is 10.1. The predicted molar refractivity (Wildman–Crippen MR) is 65.6 cm³/mol. The number of ether oxygens (including phenoxy) is 1. The Bertz CT molecular complexity index is 593. The summed E-state index contributed by atoms with van der Waals surface area (Å²) in [6.07, 6.45) is -0.304. The summed E-state index contributed by atoms with van der Waals surface area (Å²) in [7, 11) is 1.24. The molecule has 0 N–H and O–H groups in total. The van der Waals surface area contributed by atoms with Crippen LogP contribution in [0.3, 0.4) is 0 Å². The minimum absolute atomic E-state index is 0.276. The van der Waals surface area contributed by atoms with E-state index in [-0.39, 0.29) is 17.9 Å². The molecule has 17 heavy (non-hydrogen) atoms. The summed E-state index contributed by atoms with van der Waals surface area (Å²) < 4.78 is 9.36. The second-order valence-electron chi connectivity index (χ2n) is 3.35. The molecule has 0 bridgehead atoms. The van der Waals surface area contributed by atoms with E-state index in [4.69, 9.17) is 11.6 Å². The van der Waals surface area contributed by atoms with E-state index in [0.29, 0.717) is 10.4 Å². The fourth-order valence-corrected chi connectivity index (χ4v) is 2.34. The Morgan fingerprint density at radius 3 is 2.94 bits per heavy atom. The molecule has 0 atom stereocenters. The number of benzene rings is 1.